The molecular formula is C27H38N2O4S. The van der Waals surface area contributed by atoms with Crippen molar-refractivity contribution in [2.24, 2.45) is 11.8 Å². The van der Waals surface area contributed by atoms with Crippen molar-refractivity contribution in [2.75, 3.05) is 32.5 Å². The maximum absolute atomic E-state index is 11.3. The van der Waals surface area contributed by atoms with E-state index in [1.807, 2.05) is 24.3 Å². The van der Waals surface area contributed by atoms with E-state index in [0.717, 1.165) is 66.4 Å². The van der Waals surface area contributed by atoms with Crippen LogP contribution < -0.4 is 4.74 Å². The molecule has 1 saturated carbocycles. The molecule has 6 nitrogen and oxygen atoms in total. The van der Waals surface area contributed by atoms with Crippen LogP contribution in [0.3, 0.4) is 0 Å². The zero-order valence-corrected chi connectivity index (χ0v) is 21.0. The largest absolute Gasteiger partial charge is 0.497 e. The van der Waals surface area contributed by atoms with Crippen LogP contribution in [-0.2, 0) is 4.79 Å². The maximum Gasteiger partial charge on any atom is 0.303 e. The lowest BCUT2D eigenvalue weighted by atomic mass is 9.79. The summed E-state index contributed by atoms with van der Waals surface area (Å²) in [5.41, 5.74) is 1.74. The van der Waals surface area contributed by atoms with Gasteiger partial charge >= 0.3 is 5.97 Å². The van der Waals surface area contributed by atoms with Crippen molar-refractivity contribution >= 4 is 28.6 Å². The number of benzene rings is 1. The summed E-state index contributed by atoms with van der Waals surface area (Å²) in [7, 11) is 1.64. The van der Waals surface area contributed by atoms with Gasteiger partial charge in [0.15, 0.2) is 0 Å². The van der Waals surface area contributed by atoms with Gasteiger partial charge < -0.3 is 19.8 Å². The second-order valence-corrected chi connectivity index (χ2v) is 11.3. The number of nitrogens with zero attached hydrogens (tertiary/aromatic N) is 2. The molecule has 0 unspecified atom stereocenters. The van der Waals surface area contributed by atoms with Crippen LogP contribution in [0.1, 0.15) is 63.0 Å². The van der Waals surface area contributed by atoms with Crippen molar-refractivity contribution < 1.29 is 19.7 Å². The molecule has 186 valence electrons. The molecule has 2 N–H and O–H groups in total. The molecule has 0 bridgehead atoms. The molecule has 1 saturated heterocycles. The number of fused-ring (bicyclic) bond motifs is 1. The van der Waals surface area contributed by atoms with E-state index < -0.39 is 12.1 Å². The van der Waals surface area contributed by atoms with Gasteiger partial charge in [-0.05, 0) is 105 Å². The number of carboxylic acids is 1. The van der Waals surface area contributed by atoms with E-state index >= 15 is 0 Å². The highest BCUT2D eigenvalue weighted by molar-refractivity contribution is 8.00. The zero-order valence-electron chi connectivity index (χ0n) is 20.2. The molecule has 1 aromatic carbocycles. The molecule has 3 atom stereocenters. The fourth-order valence-electron chi connectivity index (χ4n) is 5.24. The lowest BCUT2D eigenvalue weighted by Crippen LogP contribution is -2.41. The van der Waals surface area contributed by atoms with Crippen LogP contribution in [0.5, 0.6) is 5.75 Å². The van der Waals surface area contributed by atoms with E-state index in [4.69, 9.17) is 4.74 Å². The Kier molecular flexibility index (Phi) is 9.09. The molecule has 1 aromatic heterocycles. The summed E-state index contributed by atoms with van der Waals surface area (Å²) in [5, 5.41) is 22.2. The molecule has 2 heterocycles. The number of carboxylic acid groups (broad SMARTS) is 1. The summed E-state index contributed by atoms with van der Waals surface area (Å²) in [6, 6.07) is 7.65. The van der Waals surface area contributed by atoms with Crippen molar-refractivity contribution in [1.29, 1.82) is 0 Å². The quantitative estimate of drug-likeness (QED) is 0.379. The predicted molar refractivity (Wildman–Crippen MR) is 137 cm³/mol. The highest BCUT2D eigenvalue weighted by Crippen LogP contribution is 2.36. The molecule has 2 aromatic rings. The minimum absolute atomic E-state index is 0.226. The van der Waals surface area contributed by atoms with E-state index in [1.54, 1.807) is 13.3 Å². The normalized spacial score (nSPS) is 22.1. The molecule has 2 fully saturated rings. The van der Waals surface area contributed by atoms with Gasteiger partial charge in [0.2, 0.25) is 0 Å². The lowest BCUT2D eigenvalue weighted by molar-refractivity contribution is -0.137. The number of likely N-dealkylation sites (tertiary alicyclic amines) is 1. The van der Waals surface area contributed by atoms with Gasteiger partial charge in [-0.1, -0.05) is 0 Å². The number of hydrogen-bond acceptors (Lipinski definition) is 6. The Balaban J connectivity index is 1.34. The molecule has 0 radical (unpaired) electrons. The Labute approximate surface area is 207 Å². The average molecular weight is 487 g/mol. The standard InChI is InChI=1S/C27H38N2O4S/c1-33-21-5-8-25-24(17-21)23(11-13-28-25)26(30)9-3-19-12-15-29(14-2-16-34-22-6-7-22)18-20(19)4-10-27(31)32/h5,8,11,13,17,19-20,22,26,30H,2-4,6-7,9-10,12,14-16,18H2,1H3,(H,31,32)/t19-,20-,26-/m1/s1. The highest BCUT2D eigenvalue weighted by Gasteiger charge is 2.30. The number of aliphatic hydroxyl groups excluding tert-OH is 1. The van der Waals surface area contributed by atoms with E-state index in [0.29, 0.717) is 18.3 Å². The third-order valence-electron chi connectivity index (χ3n) is 7.35. The minimum atomic E-state index is -0.714. The number of aromatic nitrogens is 1. The van der Waals surface area contributed by atoms with Crippen molar-refractivity contribution in [1.82, 2.24) is 9.88 Å². The number of ether oxygens (including phenoxy) is 1. The van der Waals surface area contributed by atoms with E-state index in [9.17, 15) is 15.0 Å². The van der Waals surface area contributed by atoms with Crippen molar-refractivity contribution in [3.05, 3.63) is 36.0 Å². The van der Waals surface area contributed by atoms with Gasteiger partial charge in [0, 0.05) is 29.8 Å². The molecule has 1 aliphatic carbocycles. The minimum Gasteiger partial charge on any atom is -0.497 e. The second kappa shape index (κ2) is 12.2. The number of piperidine rings is 1. The van der Waals surface area contributed by atoms with Gasteiger partial charge in [-0.25, -0.2) is 0 Å². The molecule has 4 rings (SSSR count). The Morgan fingerprint density at radius 2 is 2.09 bits per heavy atom. The van der Waals surface area contributed by atoms with Crippen molar-refractivity contribution in [3.63, 3.8) is 0 Å². The van der Waals surface area contributed by atoms with Crippen LogP contribution in [-0.4, -0.2) is 63.8 Å². The number of aliphatic hydroxyl groups is 1. The van der Waals surface area contributed by atoms with Crippen LogP contribution >= 0.6 is 11.8 Å². The number of pyridine rings is 1. The Morgan fingerprint density at radius 1 is 1.24 bits per heavy atom. The molecule has 2 aliphatic rings. The van der Waals surface area contributed by atoms with E-state index in [-0.39, 0.29) is 6.42 Å². The number of hydrogen-bond donors (Lipinski definition) is 2. The van der Waals surface area contributed by atoms with Gasteiger partial charge in [0.05, 0.1) is 18.7 Å². The summed E-state index contributed by atoms with van der Waals surface area (Å²) in [5.74, 6) is 2.11. The fourth-order valence-corrected chi connectivity index (χ4v) is 6.34. The fraction of sp³-hybridized carbons (Fsp3) is 0.630. The number of rotatable bonds is 13. The summed E-state index contributed by atoms with van der Waals surface area (Å²) >= 11 is 2.11. The van der Waals surface area contributed by atoms with Crippen LogP contribution in [0.25, 0.3) is 10.9 Å². The Morgan fingerprint density at radius 3 is 2.85 bits per heavy atom. The zero-order chi connectivity index (χ0) is 23.9. The monoisotopic (exact) mass is 486 g/mol. The maximum atomic E-state index is 11.3. The molecule has 34 heavy (non-hydrogen) atoms. The first kappa shape index (κ1) is 25.3. The molecule has 0 amide bonds. The Hall–Kier alpha value is -1.83. The van der Waals surface area contributed by atoms with E-state index in [1.165, 1.54) is 25.0 Å². The second-order valence-electron chi connectivity index (χ2n) is 9.84. The first-order chi connectivity index (χ1) is 16.5. The lowest BCUT2D eigenvalue weighted by Gasteiger charge is -2.39. The van der Waals surface area contributed by atoms with Crippen LogP contribution in [0.4, 0.5) is 0 Å². The van der Waals surface area contributed by atoms with Crippen LogP contribution in [0, 0.1) is 11.8 Å². The first-order valence-electron chi connectivity index (χ1n) is 12.7. The van der Waals surface area contributed by atoms with Gasteiger partial charge in [-0.2, -0.15) is 11.8 Å². The topological polar surface area (TPSA) is 82.9 Å². The third kappa shape index (κ3) is 7.09. The summed E-state index contributed by atoms with van der Waals surface area (Å²) in [6.07, 6.45) is 8.78. The summed E-state index contributed by atoms with van der Waals surface area (Å²) in [6.45, 7) is 3.18. The van der Waals surface area contributed by atoms with Crippen LogP contribution in [0.2, 0.25) is 0 Å². The summed E-state index contributed by atoms with van der Waals surface area (Å²) < 4.78 is 5.37. The smallest absolute Gasteiger partial charge is 0.303 e. The molecule has 7 heteroatoms. The highest BCUT2D eigenvalue weighted by atomic mass is 32.2. The number of carbonyl (C=O) groups is 1. The third-order valence-corrected chi connectivity index (χ3v) is 8.82. The average Bonchev–Trinajstić information content (AvgIpc) is 3.68. The molecular weight excluding hydrogens is 448 g/mol. The van der Waals surface area contributed by atoms with Crippen molar-refractivity contribution in [2.45, 2.75) is 62.7 Å². The predicted octanol–water partition coefficient (Wildman–Crippen LogP) is 5.15. The molecule has 1 aliphatic heterocycles. The van der Waals surface area contributed by atoms with Gasteiger partial charge in [-0.3, -0.25) is 9.78 Å². The number of aliphatic carboxylic acids is 1. The first-order valence-corrected chi connectivity index (χ1v) is 13.7. The summed E-state index contributed by atoms with van der Waals surface area (Å²) in [4.78, 5) is 18.2. The van der Waals surface area contributed by atoms with Crippen molar-refractivity contribution in [3.8, 4) is 5.75 Å². The van der Waals surface area contributed by atoms with Gasteiger partial charge in [-0.15, -0.1) is 0 Å². The van der Waals surface area contributed by atoms with Gasteiger partial charge in [0.1, 0.15) is 5.75 Å². The van der Waals surface area contributed by atoms with Gasteiger partial charge in [0.25, 0.3) is 0 Å². The molecule has 0 spiro atoms. The number of thioether (sulfide) groups is 1. The SMILES string of the molecule is COc1ccc2nccc([C@H](O)CC[C@@H]3CCN(CCCSC4CC4)C[C@H]3CCC(=O)O)c2c1. The van der Waals surface area contributed by atoms with E-state index in [2.05, 4.69) is 21.6 Å². The Bertz CT molecular complexity index is 951. The van der Waals surface area contributed by atoms with Crippen LogP contribution in [0.15, 0.2) is 30.5 Å². The number of methoxy groups -OCH3 is 1.